The van der Waals surface area contributed by atoms with Crippen molar-refractivity contribution in [3.8, 4) is 0 Å². The molecular formula is C11H11Br2N3. The van der Waals surface area contributed by atoms with Crippen molar-refractivity contribution in [2.45, 2.75) is 13.1 Å². The van der Waals surface area contributed by atoms with Gasteiger partial charge in [-0.3, -0.25) is 0 Å². The number of H-pyrrole nitrogens is 1. The molecule has 5 heteroatoms. The lowest BCUT2D eigenvalue weighted by atomic mass is 10.2. The Labute approximate surface area is 111 Å². The molecule has 0 bridgehead atoms. The molecule has 1 heterocycles. The summed E-state index contributed by atoms with van der Waals surface area (Å²) in [4.78, 5) is 7.02. The van der Waals surface area contributed by atoms with E-state index < -0.39 is 0 Å². The van der Waals surface area contributed by atoms with Crippen LogP contribution in [0.4, 0.5) is 0 Å². The maximum absolute atomic E-state index is 3.96. The van der Waals surface area contributed by atoms with Gasteiger partial charge in [-0.2, -0.15) is 0 Å². The van der Waals surface area contributed by atoms with E-state index in [2.05, 4.69) is 59.3 Å². The SMILES string of the molecule is Brc1ccc(CNCc2cnc[nH]2)cc1Br. The van der Waals surface area contributed by atoms with E-state index >= 15 is 0 Å². The number of hydrogen-bond acceptors (Lipinski definition) is 2. The molecule has 1 aromatic heterocycles. The number of nitrogens with zero attached hydrogens (tertiary/aromatic N) is 1. The summed E-state index contributed by atoms with van der Waals surface area (Å²) in [5.41, 5.74) is 2.34. The molecule has 16 heavy (non-hydrogen) atoms. The Hall–Kier alpha value is -0.650. The van der Waals surface area contributed by atoms with E-state index in [0.717, 1.165) is 27.7 Å². The van der Waals surface area contributed by atoms with Gasteiger partial charge in [0.25, 0.3) is 0 Å². The van der Waals surface area contributed by atoms with Gasteiger partial charge >= 0.3 is 0 Å². The molecule has 0 radical (unpaired) electrons. The van der Waals surface area contributed by atoms with Crippen molar-refractivity contribution < 1.29 is 0 Å². The number of nitrogens with one attached hydrogen (secondary N) is 2. The lowest BCUT2D eigenvalue weighted by molar-refractivity contribution is 0.682. The third-order valence-electron chi connectivity index (χ3n) is 2.18. The summed E-state index contributed by atoms with van der Waals surface area (Å²) >= 11 is 6.93. The molecule has 2 aromatic rings. The molecule has 0 saturated heterocycles. The Morgan fingerprint density at radius 2 is 2.06 bits per heavy atom. The molecule has 0 spiro atoms. The summed E-state index contributed by atoms with van der Waals surface area (Å²) in [6.45, 7) is 1.64. The molecular weight excluding hydrogens is 334 g/mol. The van der Waals surface area contributed by atoms with Gasteiger partial charge in [0.05, 0.1) is 6.33 Å². The zero-order chi connectivity index (χ0) is 11.4. The van der Waals surface area contributed by atoms with Crippen LogP contribution in [0.25, 0.3) is 0 Å². The van der Waals surface area contributed by atoms with Gasteiger partial charge < -0.3 is 10.3 Å². The monoisotopic (exact) mass is 343 g/mol. The molecule has 1 aromatic carbocycles. The Morgan fingerprint density at radius 3 is 2.75 bits per heavy atom. The summed E-state index contributed by atoms with van der Waals surface area (Å²) in [5.74, 6) is 0. The average Bonchev–Trinajstić information content (AvgIpc) is 2.76. The van der Waals surface area contributed by atoms with Gasteiger partial charge in [0.2, 0.25) is 0 Å². The maximum atomic E-state index is 3.96. The minimum absolute atomic E-state index is 0.799. The van der Waals surface area contributed by atoms with Crippen molar-refractivity contribution in [1.82, 2.24) is 15.3 Å². The van der Waals surface area contributed by atoms with Gasteiger partial charge in [0.1, 0.15) is 0 Å². The van der Waals surface area contributed by atoms with Crippen molar-refractivity contribution in [3.05, 3.63) is 50.9 Å². The molecule has 3 nitrogen and oxygen atoms in total. The van der Waals surface area contributed by atoms with Crippen LogP contribution in [0.2, 0.25) is 0 Å². The van der Waals surface area contributed by atoms with Gasteiger partial charge in [0, 0.05) is 33.9 Å². The van der Waals surface area contributed by atoms with Crippen LogP contribution in [0, 0.1) is 0 Å². The quantitative estimate of drug-likeness (QED) is 0.894. The van der Waals surface area contributed by atoms with Gasteiger partial charge in [0.15, 0.2) is 0 Å². The van der Waals surface area contributed by atoms with E-state index in [0.29, 0.717) is 0 Å². The van der Waals surface area contributed by atoms with E-state index in [4.69, 9.17) is 0 Å². The fourth-order valence-corrected chi connectivity index (χ4v) is 2.05. The van der Waals surface area contributed by atoms with E-state index in [9.17, 15) is 0 Å². The second-order valence-electron chi connectivity index (χ2n) is 3.43. The Morgan fingerprint density at radius 1 is 1.19 bits per heavy atom. The molecule has 84 valence electrons. The first-order valence-electron chi connectivity index (χ1n) is 4.87. The zero-order valence-electron chi connectivity index (χ0n) is 8.50. The standard InChI is InChI=1S/C11H11Br2N3/c12-10-2-1-8(3-11(10)13)4-14-5-9-6-15-7-16-9/h1-3,6-7,14H,4-5H2,(H,15,16). The smallest absolute Gasteiger partial charge is 0.0922 e. The Bertz CT molecular complexity index is 454. The molecule has 0 saturated carbocycles. The van der Waals surface area contributed by atoms with E-state index in [-0.39, 0.29) is 0 Å². The summed E-state index contributed by atoms with van der Waals surface area (Å²) in [6.07, 6.45) is 3.51. The number of benzene rings is 1. The van der Waals surface area contributed by atoms with Crippen LogP contribution in [-0.2, 0) is 13.1 Å². The van der Waals surface area contributed by atoms with Crippen molar-refractivity contribution in [2.75, 3.05) is 0 Å². The van der Waals surface area contributed by atoms with Crippen LogP contribution in [0.15, 0.2) is 39.7 Å². The summed E-state index contributed by atoms with van der Waals surface area (Å²) < 4.78 is 2.15. The second kappa shape index (κ2) is 5.61. The zero-order valence-corrected chi connectivity index (χ0v) is 11.7. The Balaban J connectivity index is 1.87. The van der Waals surface area contributed by atoms with Crippen LogP contribution in [0.3, 0.4) is 0 Å². The molecule has 0 atom stereocenters. The minimum atomic E-state index is 0.799. The number of aromatic nitrogens is 2. The first kappa shape index (κ1) is 11.8. The molecule has 0 aliphatic rings. The fraction of sp³-hybridized carbons (Fsp3) is 0.182. The maximum Gasteiger partial charge on any atom is 0.0922 e. The molecule has 2 N–H and O–H groups in total. The Kier molecular flexibility index (Phi) is 4.15. The first-order valence-corrected chi connectivity index (χ1v) is 6.46. The largest absolute Gasteiger partial charge is 0.347 e. The minimum Gasteiger partial charge on any atom is -0.347 e. The number of rotatable bonds is 4. The van der Waals surface area contributed by atoms with Gasteiger partial charge in [-0.15, -0.1) is 0 Å². The van der Waals surface area contributed by atoms with Gasteiger partial charge in [-0.25, -0.2) is 4.98 Å². The first-order chi connectivity index (χ1) is 7.75. The summed E-state index contributed by atoms with van der Waals surface area (Å²) in [5, 5.41) is 3.34. The fourth-order valence-electron chi connectivity index (χ4n) is 1.37. The van der Waals surface area contributed by atoms with Crippen molar-refractivity contribution in [2.24, 2.45) is 0 Å². The number of halogens is 2. The number of aromatic amines is 1. The summed E-state index contributed by atoms with van der Waals surface area (Å²) in [7, 11) is 0. The van der Waals surface area contributed by atoms with Gasteiger partial charge in [-0.1, -0.05) is 6.07 Å². The molecule has 0 unspecified atom stereocenters. The lowest BCUT2D eigenvalue weighted by Gasteiger charge is -2.05. The second-order valence-corrected chi connectivity index (χ2v) is 5.14. The highest BCUT2D eigenvalue weighted by atomic mass is 79.9. The average molecular weight is 345 g/mol. The number of hydrogen-bond donors (Lipinski definition) is 2. The van der Waals surface area contributed by atoms with Crippen LogP contribution in [0.5, 0.6) is 0 Å². The van der Waals surface area contributed by atoms with E-state index in [1.54, 1.807) is 6.33 Å². The molecule has 0 aliphatic heterocycles. The molecule has 0 fully saturated rings. The molecule has 2 rings (SSSR count). The number of imidazole rings is 1. The van der Waals surface area contributed by atoms with Crippen LogP contribution in [0.1, 0.15) is 11.3 Å². The third-order valence-corrected chi connectivity index (χ3v) is 4.06. The third kappa shape index (κ3) is 3.17. The van der Waals surface area contributed by atoms with Gasteiger partial charge in [-0.05, 0) is 49.6 Å². The van der Waals surface area contributed by atoms with E-state index in [1.807, 2.05) is 12.3 Å². The predicted octanol–water partition coefficient (Wildman–Crippen LogP) is 3.22. The lowest BCUT2D eigenvalue weighted by Crippen LogP contribution is -2.12. The molecule has 0 aliphatic carbocycles. The highest BCUT2D eigenvalue weighted by molar-refractivity contribution is 9.13. The highest BCUT2D eigenvalue weighted by Gasteiger charge is 1.99. The molecule has 0 amide bonds. The highest BCUT2D eigenvalue weighted by Crippen LogP contribution is 2.23. The van der Waals surface area contributed by atoms with Crippen LogP contribution < -0.4 is 5.32 Å². The predicted molar refractivity (Wildman–Crippen MR) is 71.0 cm³/mol. The van der Waals surface area contributed by atoms with Crippen LogP contribution >= 0.6 is 31.9 Å². The normalized spacial score (nSPS) is 10.6. The topological polar surface area (TPSA) is 40.7 Å². The summed E-state index contributed by atoms with van der Waals surface area (Å²) in [6, 6.07) is 6.23. The van der Waals surface area contributed by atoms with E-state index in [1.165, 1.54) is 5.56 Å². The van der Waals surface area contributed by atoms with Crippen molar-refractivity contribution in [3.63, 3.8) is 0 Å². The van der Waals surface area contributed by atoms with Crippen LogP contribution in [-0.4, -0.2) is 9.97 Å². The van der Waals surface area contributed by atoms with Crippen molar-refractivity contribution in [1.29, 1.82) is 0 Å². The van der Waals surface area contributed by atoms with Crippen molar-refractivity contribution >= 4 is 31.9 Å².